The van der Waals surface area contributed by atoms with E-state index in [1.807, 2.05) is 13.8 Å². The molecule has 7 nitrogen and oxygen atoms in total. The Morgan fingerprint density at radius 3 is 2.65 bits per heavy atom. The molecule has 0 aliphatic carbocycles. The van der Waals surface area contributed by atoms with Gasteiger partial charge < -0.3 is 20.0 Å². The molecule has 0 aromatic heterocycles. The number of thioether (sulfide) groups is 1. The van der Waals surface area contributed by atoms with Crippen molar-refractivity contribution < 1.29 is 24.6 Å². The van der Waals surface area contributed by atoms with E-state index in [-0.39, 0.29) is 34.5 Å². The first-order valence-corrected chi connectivity index (χ1v) is 12.9. The number of alkyl halides is 1. The molecule has 174 valence electrons. The van der Waals surface area contributed by atoms with E-state index >= 15 is 0 Å². The van der Waals surface area contributed by atoms with Crippen LogP contribution in [0.1, 0.15) is 46.5 Å². The quantitative estimate of drug-likeness (QED) is 0.342. The molecular formula is C22H33BrN2O5S. The fourth-order valence-corrected chi connectivity index (χ4v) is 9.38. The van der Waals surface area contributed by atoms with E-state index in [1.165, 1.54) is 16.7 Å². The van der Waals surface area contributed by atoms with E-state index < -0.39 is 34.6 Å². The van der Waals surface area contributed by atoms with Crippen LogP contribution in [0.5, 0.6) is 0 Å². The van der Waals surface area contributed by atoms with Crippen molar-refractivity contribution in [3.63, 3.8) is 0 Å². The number of halogens is 1. The maximum Gasteiger partial charge on any atom is 0.308 e. The van der Waals surface area contributed by atoms with Crippen molar-refractivity contribution in [1.82, 2.24) is 9.80 Å². The molecule has 0 aromatic rings. The van der Waals surface area contributed by atoms with Gasteiger partial charge in [0.2, 0.25) is 11.8 Å². The molecule has 31 heavy (non-hydrogen) atoms. The fraction of sp³-hybridized carbons (Fsp3) is 0.773. The number of nitrogens with zero attached hydrogens (tertiary/aromatic N) is 2. The predicted octanol–water partition coefficient (Wildman–Crippen LogP) is 2.51. The number of carbonyl (C=O) groups excluding carboxylic acids is 2. The van der Waals surface area contributed by atoms with Gasteiger partial charge in [-0.05, 0) is 26.2 Å². The Kier molecular flexibility index (Phi) is 7.48. The van der Waals surface area contributed by atoms with Gasteiger partial charge in [0.05, 0.1) is 29.2 Å². The second-order valence-electron chi connectivity index (χ2n) is 8.91. The standard InChI is InChI=1S/C22H33BrN2O5S/c1-5-8-12(4)24(9-6-2)20(28)18-22-10-14(23)17(31-22)15(21(29)30)16(22)19(27)25(18)13(7-3)11-26/h6,12-18,26H,2,5,7-11H2,1,3-4H3,(H,29,30)/t12?,13-,14?,15+,16-,17+,18?,22?/m0/s1. The van der Waals surface area contributed by atoms with Gasteiger partial charge in [0.25, 0.3) is 0 Å². The van der Waals surface area contributed by atoms with Crippen molar-refractivity contribution in [2.45, 2.75) is 79.4 Å². The molecule has 0 saturated carbocycles. The summed E-state index contributed by atoms with van der Waals surface area (Å²) in [5.74, 6) is -3.05. The molecule has 2 bridgehead atoms. The lowest BCUT2D eigenvalue weighted by Gasteiger charge is -2.41. The van der Waals surface area contributed by atoms with Crippen LogP contribution in [0, 0.1) is 11.8 Å². The van der Waals surface area contributed by atoms with Gasteiger partial charge in [0, 0.05) is 22.7 Å². The Labute approximate surface area is 196 Å². The minimum atomic E-state index is -0.991. The average Bonchev–Trinajstić information content (AvgIpc) is 3.31. The van der Waals surface area contributed by atoms with Crippen LogP contribution < -0.4 is 0 Å². The maximum atomic E-state index is 14.1. The number of rotatable bonds is 10. The van der Waals surface area contributed by atoms with Gasteiger partial charge in [-0.1, -0.05) is 42.3 Å². The molecule has 4 unspecified atom stereocenters. The highest BCUT2D eigenvalue weighted by atomic mass is 79.9. The normalized spacial score (nSPS) is 35.7. The maximum absolute atomic E-state index is 14.1. The van der Waals surface area contributed by atoms with Crippen molar-refractivity contribution in [1.29, 1.82) is 0 Å². The Balaban J connectivity index is 2.12. The highest BCUT2D eigenvalue weighted by Gasteiger charge is 2.76. The highest BCUT2D eigenvalue weighted by molar-refractivity contribution is 9.09. The third-order valence-corrected chi connectivity index (χ3v) is 10.4. The second kappa shape index (κ2) is 9.43. The zero-order valence-electron chi connectivity index (χ0n) is 18.4. The van der Waals surface area contributed by atoms with Gasteiger partial charge in [-0.15, -0.1) is 18.3 Å². The summed E-state index contributed by atoms with van der Waals surface area (Å²) >= 11 is 5.13. The number of fused-ring (bicyclic) bond motifs is 1. The second-order valence-corrected chi connectivity index (χ2v) is 11.6. The number of likely N-dealkylation sites (tertiary alicyclic amines) is 1. The average molecular weight is 517 g/mol. The smallest absolute Gasteiger partial charge is 0.308 e. The lowest BCUT2D eigenvalue weighted by atomic mass is 9.71. The molecule has 3 heterocycles. The number of carbonyl (C=O) groups is 3. The molecule has 3 aliphatic rings. The van der Waals surface area contributed by atoms with Gasteiger partial charge in [0.15, 0.2) is 0 Å². The third kappa shape index (κ3) is 3.74. The van der Waals surface area contributed by atoms with Gasteiger partial charge in [-0.2, -0.15) is 0 Å². The monoisotopic (exact) mass is 516 g/mol. The number of aliphatic carboxylic acids is 1. The van der Waals surface area contributed by atoms with Crippen LogP contribution in [0.4, 0.5) is 0 Å². The van der Waals surface area contributed by atoms with Crippen LogP contribution in [-0.4, -0.2) is 83.9 Å². The predicted molar refractivity (Wildman–Crippen MR) is 124 cm³/mol. The van der Waals surface area contributed by atoms with Crippen molar-refractivity contribution in [3.05, 3.63) is 12.7 Å². The molecule has 9 heteroatoms. The number of amides is 2. The molecule has 0 aromatic carbocycles. The van der Waals surface area contributed by atoms with E-state index in [4.69, 9.17) is 0 Å². The molecule has 1 spiro atoms. The number of carboxylic acids is 1. The van der Waals surface area contributed by atoms with Gasteiger partial charge in [-0.25, -0.2) is 0 Å². The van der Waals surface area contributed by atoms with E-state index in [2.05, 4.69) is 29.4 Å². The minimum absolute atomic E-state index is 0.0317. The van der Waals surface area contributed by atoms with E-state index in [9.17, 15) is 24.6 Å². The molecule has 8 atom stereocenters. The molecule has 3 saturated heterocycles. The van der Waals surface area contributed by atoms with Crippen LogP contribution >= 0.6 is 27.7 Å². The van der Waals surface area contributed by atoms with E-state index in [1.54, 1.807) is 11.0 Å². The largest absolute Gasteiger partial charge is 0.481 e. The minimum Gasteiger partial charge on any atom is -0.481 e. The first-order chi connectivity index (χ1) is 14.7. The summed E-state index contributed by atoms with van der Waals surface area (Å²) in [6.45, 7) is 9.84. The van der Waals surface area contributed by atoms with Crippen molar-refractivity contribution in [2.24, 2.45) is 11.8 Å². The lowest BCUT2D eigenvalue weighted by molar-refractivity contribution is -0.150. The summed E-state index contributed by atoms with van der Waals surface area (Å²) in [6.07, 6.45) is 4.48. The zero-order chi connectivity index (χ0) is 23.1. The number of carboxylic acid groups (broad SMARTS) is 1. The Morgan fingerprint density at radius 2 is 2.13 bits per heavy atom. The van der Waals surface area contributed by atoms with Crippen LogP contribution in [0.3, 0.4) is 0 Å². The van der Waals surface area contributed by atoms with E-state index in [0.717, 1.165) is 12.8 Å². The van der Waals surface area contributed by atoms with Crippen LogP contribution in [-0.2, 0) is 14.4 Å². The summed E-state index contributed by atoms with van der Waals surface area (Å²) in [4.78, 5) is 43.2. The number of aliphatic hydroxyl groups excluding tert-OH is 1. The molecule has 2 amide bonds. The van der Waals surface area contributed by atoms with Crippen LogP contribution in [0.25, 0.3) is 0 Å². The van der Waals surface area contributed by atoms with Crippen molar-refractivity contribution in [3.8, 4) is 0 Å². The Bertz CT molecular complexity index is 747. The first kappa shape index (κ1) is 24.6. The highest BCUT2D eigenvalue weighted by Crippen LogP contribution is 2.68. The number of aliphatic hydroxyl groups is 1. The molecule has 3 rings (SSSR count). The Morgan fingerprint density at radius 1 is 1.45 bits per heavy atom. The van der Waals surface area contributed by atoms with Gasteiger partial charge in [0.1, 0.15) is 6.04 Å². The zero-order valence-corrected chi connectivity index (χ0v) is 20.8. The summed E-state index contributed by atoms with van der Waals surface area (Å²) < 4.78 is -0.802. The number of hydrogen-bond donors (Lipinski definition) is 2. The summed E-state index contributed by atoms with van der Waals surface area (Å²) in [5, 5.41) is 19.7. The molecule has 3 aliphatic heterocycles. The number of hydrogen-bond acceptors (Lipinski definition) is 5. The SMILES string of the molecule is C=CCN(C(=O)C1N([C@@H](CC)CO)C(=O)[C@@H]2[C@@H](C(=O)O)[C@@H]3SC12CC3Br)C(C)CCC. The fourth-order valence-electron chi connectivity index (χ4n) is 5.79. The third-order valence-electron chi connectivity index (χ3n) is 7.17. The van der Waals surface area contributed by atoms with Crippen molar-refractivity contribution in [2.75, 3.05) is 13.2 Å². The molecule has 2 N–H and O–H groups in total. The van der Waals surface area contributed by atoms with E-state index in [0.29, 0.717) is 19.4 Å². The topological polar surface area (TPSA) is 98.2 Å². The molecular weight excluding hydrogens is 484 g/mol. The molecule has 3 fully saturated rings. The van der Waals surface area contributed by atoms with Crippen LogP contribution in [0.15, 0.2) is 12.7 Å². The van der Waals surface area contributed by atoms with Crippen LogP contribution in [0.2, 0.25) is 0 Å². The summed E-state index contributed by atoms with van der Waals surface area (Å²) in [7, 11) is 0. The Hall–Kier alpha value is -1.06. The summed E-state index contributed by atoms with van der Waals surface area (Å²) in [5.41, 5.74) is 0. The molecule has 0 radical (unpaired) electrons. The van der Waals surface area contributed by atoms with Gasteiger partial charge in [-0.3, -0.25) is 14.4 Å². The van der Waals surface area contributed by atoms with Crippen molar-refractivity contribution >= 4 is 45.5 Å². The lowest BCUT2D eigenvalue weighted by Crippen LogP contribution is -2.59. The first-order valence-electron chi connectivity index (χ1n) is 11.1. The van der Waals surface area contributed by atoms with Gasteiger partial charge >= 0.3 is 5.97 Å². The summed E-state index contributed by atoms with van der Waals surface area (Å²) in [6, 6.07) is -1.34.